The lowest BCUT2D eigenvalue weighted by atomic mass is 10.3. The van der Waals surface area contributed by atoms with Crippen molar-refractivity contribution in [2.45, 2.75) is 0 Å². The first kappa shape index (κ1) is 8.13. The third kappa shape index (κ3) is 1.54. The van der Waals surface area contributed by atoms with Crippen LogP contribution in [0.4, 0.5) is 4.39 Å². The van der Waals surface area contributed by atoms with Gasteiger partial charge in [0.15, 0.2) is 5.82 Å². The zero-order valence-corrected chi connectivity index (χ0v) is 6.80. The smallest absolute Gasteiger partial charge is 0.339 e. The number of nitrogens with zero attached hydrogens (tertiary/aromatic N) is 1. The minimum absolute atomic E-state index is 0.144. The van der Waals surface area contributed by atoms with Crippen LogP contribution in [0.15, 0.2) is 16.9 Å². The quantitative estimate of drug-likeness (QED) is 0.783. The first-order chi connectivity index (χ1) is 5.13. The third-order valence-electron chi connectivity index (χ3n) is 1.07. The Balaban J connectivity index is 3.32. The van der Waals surface area contributed by atoms with E-state index in [1.54, 1.807) is 0 Å². The van der Waals surface area contributed by atoms with Crippen molar-refractivity contribution in [3.63, 3.8) is 0 Å². The minimum atomic E-state index is -1.31. The summed E-state index contributed by atoms with van der Waals surface area (Å²) in [4.78, 5) is 13.8. The van der Waals surface area contributed by atoms with Crippen LogP contribution in [0.3, 0.4) is 0 Å². The summed E-state index contributed by atoms with van der Waals surface area (Å²) in [7, 11) is 0. The summed E-state index contributed by atoms with van der Waals surface area (Å²) in [6.45, 7) is 0. The van der Waals surface area contributed by atoms with Gasteiger partial charge in [0.25, 0.3) is 0 Å². The van der Waals surface area contributed by atoms with Gasteiger partial charge < -0.3 is 5.11 Å². The number of carboxylic acid groups (broad SMARTS) is 1. The third-order valence-corrected chi connectivity index (χ3v) is 1.67. The summed E-state index contributed by atoms with van der Waals surface area (Å²) in [5, 5.41) is 8.45. The number of halogens is 2. The van der Waals surface area contributed by atoms with Crippen LogP contribution in [0.2, 0.25) is 0 Å². The highest BCUT2D eigenvalue weighted by Gasteiger charge is 2.13. The number of carboxylic acids is 1. The van der Waals surface area contributed by atoms with E-state index in [9.17, 15) is 9.18 Å². The fraction of sp³-hybridized carbons (Fsp3) is 0. The van der Waals surface area contributed by atoms with E-state index in [0.717, 1.165) is 6.20 Å². The van der Waals surface area contributed by atoms with Crippen LogP contribution in [-0.2, 0) is 0 Å². The van der Waals surface area contributed by atoms with Gasteiger partial charge in [-0.25, -0.2) is 9.18 Å². The number of pyridine rings is 1. The number of hydrogen-bond donors (Lipinski definition) is 1. The van der Waals surface area contributed by atoms with Crippen molar-refractivity contribution in [1.29, 1.82) is 0 Å². The van der Waals surface area contributed by atoms with E-state index < -0.39 is 11.8 Å². The molecule has 3 nitrogen and oxygen atoms in total. The molecule has 0 bridgehead atoms. The summed E-state index contributed by atoms with van der Waals surface area (Å²) >= 11 is 2.86. The first-order valence-electron chi connectivity index (χ1n) is 2.65. The Morgan fingerprint density at radius 3 is 2.64 bits per heavy atom. The lowest BCUT2D eigenvalue weighted by molar-refractivity contribution is 0.0690. The molecule has 11 heavy (non-hydrogen) atoms. The minimum Gasteiger partial charge on any atom is -0.478 e. The molecule has 1 aromatic rings. The van der Waals surface area contributed by atoms with E-state index in [0.29, 0.717) is 0 Å². The van der Waals surface area contributed by atoms with Crippen molar-refractivity contribution in [2.75, 3.05) is 0 Å². The summed E-state index contributed by atoms with van der Waals surface area (Å²) in [5.41, 5.74) is -0.389. The average Bonchev–Trinajstić information content (AvgIpc) is 1.85. The summed E-state index contributed by atoms with van der Waals surface area (Å²) in [6.07, 6.45) is 2.08. The largest absolute Gasteiger partial charge is 0.478 e. The first-order valence-corrected chi connectivity index (χ1v) is 3.44. The highest BCUT2D eigenvalue weighted by molar-refractivity contribution is 9.10. The van der Waals surface area contributed by atoms with Crippen LogP contribution in [-0.4, -0.2) is 16.1 Å². The Labute approximate surface area is 70.0 Å². The van der Waals surface area contributed by atoms with Crippen LogP contribution < -0.4 is 0 Å². The molecule has 0 amide bonds. The predicted octanol–water partition coefficient (Wildman–Crippen LogP) is 1.68. The number of carbonyl (C=O) groups is 1. The molecule has 0 spiro atoms. The van der Waals surface area contributed by atoms with Gasteiger partial charge >= 0.3 is 5.97 Å². The molecule has 0 aliphatic carbocycles. The average molecular weight is 220 g/mol. The van der Waals surface area contributed by atoms with E-state index >= 15 is 0 Å². The van der Waals surface area contributed by atoms with E-state index in [1.807, 2.05) is 0 Å². The Morgan fingerprint density at radius 2 is 2.27 bits per heavy atom. The summed E-state index contributed by atoms with van der Waals surface area (Å²) < 4.78 is 12.8. The van der Waals surface area contributed by atoms with Crippen molar-refractivity contribution in [3.8, 4) is 0 Å². The lowest BCUT2D eigenvalue weighted by Gasteiger charge is -1.97. The molecule has 1 aromatic heterocycles. The Bertz CT molecular complexity index is 282. The molecule has 0 atom stereocenters. The second-order valence-electron chi connectivity index (χ2n) is 1.78. The van der Waals surface area contributed by atoms with Gasteiger partial charge in [-0.05, 0) is 15.9 Å². The fourth-order valence-corrected chi connectivity index (χ4v) is 1.09. The van der Waals surface area contributed by atoms with Crippen LogP contribution >= 0.6 is 15.9 Å². The molecule has 0 unspecified atom stereocenters. The SMILES string of the molecule is O=C(O)c1c(F)cncc1Br. The zero-order chi connectivity index (χ0) is 8.43. The van der Waals surface area contributed by atoms with Crippen molar-refractivity contribution in [1.82, 2.24) is 4.98 Å². The topological polar surface area (TPSA) is 50.2 Å². The van der Waals surface area contributed by atoms with E-state index in [2.05, 4.69) is 20.9 Å². The molecular weight excluding hydrogens is 217 g/mol. The highest BCUT2D eigenvalue weighted by atomic mass is 79.9. The molecule has 1 rings (SSSR count). The Kier molecular flexibility index (Phi) is 2.19. The molecule has 58 valence electrons. The maximum absolute atomic E-state index is 12.6. The molecule has 0 aliphatic rings. The zero-order valence-electron chi connectivity index (χ0n) is 5.21. The normalized spacial score (nSPS) is 9.64. The molecule has 0 radical (unpaired) electrons. The van der Waals surface area contributed by atoms with Crippen molar-refractivity contribution in [2.24, 2.45) is 0 Å². The number of aromatic carboxylic acids is 1. The molecule has 1 heterocycles. The van der Waals surface area contributed by atoms with Crippen molar-refractivity contribution in [3.05, 3.63) is 28.2 Å². The molecule has 5 heteroatoms. The van der Waals surface area contributed by atoms with Gasteiger partial charge in [-0.1, -0.05) is 0 Å². The second-order valence-corrected chi connectivity index (χ2v) is 2.64. The number of aromatic nitrogens is 1. The van der Waals surface area contributed by atoms with Crippen LogP contribution in [0, 0.1) is 5.82 Å². The van der Waals surface area contributed by atoms with Gasteiger partial charge in [0.2, 0.25) is 0 Å². The van der Waals surface area contributed by atoms with Gasteiger partial charge in [0.1, 0.15) is 5.56 Å². The molecule has 0 fully saturated rings. The lowest BCUT2D eigenvalue weighted by Crippen LogP contribution is -2.02. The van der Waals surface area contributed by atoms with E-state index in [4.69, 9.17) is 5.11 Å². The van der Waals surface area contributed by atoms with Gasteiger partial charge in [-0.2, -0.15) is 0 Å². The van der Waals surface area contributed by atoms with Crippen molar-refractivity contribution < 1.29 is 14.3 Å². The maximum atomic E-state index is 12.6. The molecule has 0 saturated carbocycles. The van der Waals surface area contributed by atoms with E-state index in [1.165, 1.54) is 6.20 Å². The molecule has 1 N–H and O–H groups in total. The molecule has 0 aromatic carbocycles. The Hall–Kier alpha value is -0.970. The maximum Gasteiger partial charge on any atom is 0.339 e. The van der Waals surface area contributed by atoms with Crippen LogP contribution in [0.25, 0.3) is 0 Å². The Morgan fingerprint density at radius 1 is 1.64 bits per heavy atom. The highest BCUT2D eigenvalue weighted by Crippen LogP contribution is 2.17. The van der Waals surface area contributed by atoms with Gasteiger partial charge in [-0.3, -0.25) is 4.98 Å². The number of hydrogen-bond acceptors (Lipinski definition) is 2. The van der Waals surface area contributed by atoms with Crippen molar-refractivity contribution >= 4 is 21.9 Å². The molecule has 0 aliphatic heterocycles. The number of rotatable bonds is 1. The predicted molar refractivity (Wildman–Crippen MR) is 38.9 cm³/mol. The van der Waals surface area contributed by atoms with Gasteiger partial charge in [-0.15, -0.1) is 0 Å². The molecular formula is C6H3BrFNO2. The van der Waals surface area contributed by atoms with Gasteiger partial charge in [0.05, 0.1) is 10.7 Å². The summed E-state index contributed by atoms with van der Waals surface area (Å²) in [5.74, 6) is -2.15. The fourth-order valence-electron chi connectivity index (χ4n) is 0.616. The van der Waals surface area contributed by atoms with Gasteiger partial charge in [0, 0.05) is 6.20 Å². The van der Waals surface area contributed by atoms with E-state index in [-0.39, 0.29) is 10.0 Å². The standard InChI is InChI=1S/C6H3BrFNO2/c7-3-1-9-2-4(8)5(3)6(10)11/h1-2H,(H,10,11). The second kappa shape index (κ2) is 2.96. The monoisotopic (exact) mass is 219 g/mol. The van der Waals surface area contributed by atoms with Crippen LogP contribution in [0.1, 0.15) is 10.4 Å². The summed E-state index contributed by atoms with van der Waals surface area (Å²) in [6, 6.07) is 0. The van der Waals surface area contributed by atoms with Crippen LogP contribution in [0.5, 0.6) is 0 Å². The molecule has 0 saturated heterocycles.